The minimum atomic E-state index is -0.699. The Bertz CT molecular complexity index is 573. The maximum Gasteiger partial charge on any atom is 0.330 e. The van der Waals surface area contributed by atoms with E-state index in [1.54, 1.807) is 6.92 Å². The van der Waals surface area contributed by atoms with Crippen LogP contribution in [0.2, 0.25) is 0 Å². The molecule has 1 aromatic carbocycles. The van der Waals surface area contributed by atoms with Crippen molar-refractivity contribution in [2.24, 2.45) is 10.9 Å². The van der Waals surface area contributed by atoms with Crippen LogP contribution in [0.5, 0.6) is 0 Å². The fourth-order valence-electron chi connectivity index (χ4n) is 1.77. The van der Waals surface area contributed by atoms with E-state index in [2.05, 4.69) is 9.73 Å². The molecular formula is C17H21NO4. The summed E-state index contributed by atoms with van der Waals surface area (Å²) in [6.45, 7) is 4.21. The molecule has 118 valence electrons. The topological polar surface area (TPSA) is 65.0 Å². The lowest BCUT2D eigenvalue weighted by Gasteiger charge is -2.10. The van der Waals surface area contributed by atoms with Gasteiger partial charge in [0.1, 0.15) is 5.92 Å². The van der Waals surface area contributed by atoms with E-state index in [0.717, 1.165) is 5.56 Å². The molecule has 0 bridgehead atoms. The highest BCUT2D eigenvalue weighted by atomic mass is 16.5. The molecule has 0 saturated heterocycles. The lowest BCUT2D eigenvalue weighted by Crippen LogP contribution is -2.22. The van der Waals surface area contributed by atoms with Gasteiger partial charge in [-0.2, -0.15) is 0 Å². The van der Waals surface area contributed by atoms with Crippen molar-refractivity contribution in [2.45, 2.75) is 20.4 Å². The standard InChI is InChI=1S/C17H21NO4/c1-12-5-7-14(8-6-12)11-18-13(2)15(17(20)22-4)9-10-16(19)21-3/h5-10,15H,11H2,1-4H3/b10-9+,18-13?. The molecule has 0 amide bonds. The Morgan fingerprint density at radius 2 is 1.82 bits per heavy atom. The van der Waals surface area contributed by atoms with E-state index in [0.29, 0.717) is 12.3 Å². The van der Waals surface area contributed by atoms with Crippen LogP contribution in [0.1, 0.15) is 18.1 Å². The van der Waals surface area contributed by atoms with E-state index in [4.69, 9.17) is 4.74 Å². The maximum atomic E-state index is 11.8. The first-order valence-electron chi connectivity index (χ1n) is 6.88. The van der Waals surface area contributed by atoms with E-state index in [9.17, 15) is 9.59 Å². The molecule has 0 aliphatic heterocycles. The van der Waals surface area contributed by atoms with Crippen LogP contribution in [-0.2, 0) is 25.6 Å². The average molecular weight is 303 g/mol. The second kappa shape index (κ2) is 8.77. The van der Waals surface area contributed by atoms with Gasteiger partial charge in [-0.1, -0.05) is 35.9 Å². The van der Waals surface area contributed by atoms with Crippen molar-refractivity contribution >= 4 is 17.7 Å². The smallest absolute Gasteiger partial charge is 0.330 e. The minimum Gasteiger partial charge on any atom is -0.468 e. The number of methoxy groups -OCH3 is 2. The van der Waals surface area contributed by atoms with Gasteiger partial charge in [0, 0.05) is 11.8 Å². The average Bonchev–Trinajstić information content (AvgIpc) is 2.53. The zero-order chi connectivity index (χ0) is 16.5. The van der Waals surface area contributed by atoms with Crippen LogP contribution in [0.15, 0.2) is 41.4 Å². The fraction of sp³-hybridized carbons (Fsp3) is 0.353. The van der Waals surface area contributed by atoms with Gasteiger partial charge in [0.2, 0.25) is 0 Å². The number of carbonyl (C=O) groups excluding carboxylic acids is 2. The number of carbonyl (C=O) groups is 2. The molecule has 1 atom stereocenters. The SMILES string of the molecule is COC(=O)/C=C/C(C(=O)OC)C(C)=NCc1ccc(C)cc1. The van der Waals surface area contributed by atoms with Crippen molar-refractivity contribution in [1.29, 1.82) is 0 Å². The summed E-state index contributed by atoms with van der Waals surface area (Å²) in [5.74, 6) is -1.69. The van der Waals surface area contributed by atoms with Gasteiger partial charge in [-0.05, 0) is 19.4 Å². The molecule has 5 heteroatoms. The quantitative estimate of drug-likeness (QED) is 0.460. The molecule has 0 N–H and O–H groups in total. The van der Waals surface area contributed by atoms with Gasteiger partial charge in [-0.25, -0.2) is 4.79 Å². The number of rotatable bonds is 6. The van der Waals surface area contributed by atoms with Crippen molar-refractivity contribution in [3.63, 3.8) is 0 Å². The Morgan fingerprint density at radius 3 is 2.36 bits per heavy atom. The number of benzene rings is 1. The largest absolute Gasteiger partial charge is 0.468 e. The van der Waals surface area contributed by atoms with Crippen molar-refractivity contribution in [2.75, 3.05) is 14.2 Å². The predicted molar refractivity (Wildman–Crippen MR) is 84.7 cm³/mol. The van der Waals surface area contributed by atoms with Crippen molar-refractivity contribution in [3.05, 3.63) is 47.5 Å². The number of hydrogen-bond acceptors (Lipinski definition) is 5. The third-order valence-electron chi connectivity index (χ3n) is 3.16. The summed E-state index contributed by atoms with van der Waals surface area (Å²) in [4.78, 5) is 27.4. The molecule has 5 nitrogen and oxygen atoms in total. The van der Waals surface area contributed by atoms with Crippen molar-refractivity contribution in [1.82, 2.24) is 0 Å². The summed E-state index contributed by atoms with van der Waals surface area (Å²) in [6, 6.07) is 8.00. The van der Waals surface area contributed by atoms with Gasteiger partial charge in [-0.15, -0.1) is 0 Å². The Kier molecular flexibility index (Phi) is 7.02. The van der Waals surface area contributed by atoms with Crippen LogP contribution < -0.4 is 0 Å². The van der Waals surface area contributed by atoms with E-state index >= 15 is 0 Å². The molecule has 0 aliphatic carbocycles. The number of ether oxygens (including phenoxy) is 2. The zero-order valence-corrected chi connectivity index (χ0v) is 13.3. The number of aliphatic imine (C=N–C) groups is 1. The molecule has 0 saturated carbocycles. The lowest BCUT2D eigenvalue weighted by atomic mass is 10.0. The second-order valence-corrected chi connectivity index (χ2v) is 4.83. The molecule has 0 aromatic heterocycles. The summed E-state index contributed by atoms with van der Waals surface area (Å²) < 4.78 is 9.26. The first-order chi connectivity index (χ1) is 10.5. The lowest BCUT2D eigenvalue weighted by molar-refractivity contribution is -0.141. The molecular weight excluding hydrogens is 282 g/mol. The van der Waals surface area contributed by atoms with Crippen LogP contribution in [0.25, 0.3) is 0 Å². The predicted octanol–water partition coefficient (Wildman–Crippen LogP) is 2.47. The van der Waals surface area contributed by atoms with E-state index in [1.807, 2.05) is 31.2 Å². The van der Waals surface area contributed by atoms with Crippen LogP contribution >= 0.6 is 0 Å². The van der Waals surface area contributed by atoms with Gasteiger partial charge in [-0.3, -0.25) is 9.79 Å². The third kappa shape index (κ3) is 5.52. The Hall–Kier alpha value is -2.43. The zero-order valence-electron chi connectivity index (χ0n) is 13.3. The van der Waals surface area contributed by atoms with E-state index in [1.165, 1.54) is 31.9 Å². The van der Waals surface area contributed by atoms with Crippen LogP contribution in [0.4, 0.5) is 0 Å². The van der Waals surface area contributed by atoms with Crippen LogP contribution in [0, 0.1) is 12.8 Å². The summed E-state index contributed by atoms with van der Waals surface area (Å²) in [5.41, 5.74) is 2.80. The summed E-state index contributed by atoms with van der Waals surface area (Å²) in [5, 5.41) is 0. The molecule has 1 rings (SSSR count). The molecule has 22 heavy (non-hydrogen) atoms. The fourth-order valence-corrected chi connectivity index (χ4v) is 1.77. The normalized spacial score (nSPS) is 13.0. The Morgan fingerprint density at radius 1 is 1.18 bits per heavy atom. The monoisotopic (exact) mass is 303 g/mol. The van der Waals surface area contributed by atoms with Gasteiger partial charge < -0.3 is 9.47 Å². The first-order valence-corrected chi connectivity index (χ1v) is 6.88. The van der Waals surface area contributed by atoms with Gasteiger partial charge in [0.25, 0.3) is 0 Å². The molecule has 0 spiro atoms. The molecule has 0 radical (unpaired) electrons. The number of aryl methyl sites for hydroxylation is 1. The highest BCUT2D eigenvalue weighted by Crippen LogP contribution is 2.09. The van der Waals surface area contributed by atoms with E-state index < -0.39 is 17.9 Å². The van der Waals surface area contributed by atoms with Crippen LogP contribution in [0.3, 0.4) is 0 Å². The number of hydrogen-bond donors (Lipinski definition) is 0. The van der Waals surface area contributed by atoms with Crippen molar-refractivity contribution in [3.8, 4) is 0 Å². The highest BCUT2D eigenvalue weighted by Gasteiger charge is 2.19. The molecule has 0 heterocycles. The highest BCUT2D eigenvalue weighted by molar-refractivity contribution is 6.03. The first kappa shape index (κ1) is 17.6. The minimum absolute atomic E-state index is 0.464. The molecule has 0 fully saturated rings. The Labute approximate surface area is 130 Å². The summed E-state index contributed by atoms with van der Waals surface area (Å²) in [6.07, 6.45) is 2.64. The van der Waals surface area contributed by atoms with Gasteiger partial charge >= 0.3 is 11.9 Å². The summed E-state index contributed by atoms with van der Waals surface area (Å²) in [7, 11) is 2.58. The molecule has 1 aromatic rings. The van der Waals surface area contributed by atoms with Crippen molar-refractivity contribution < 1.29 is 19.1 Å². The number of esters is 2. The maximum absolute atomic E-state index is 11.8. The van der Waals surface area contributed by atoms with Gasteiger partial charge in [0.05, 0.1) is 20.8 Å². The Balaban J connectivity index is 2.86. The second-order valence-electron chi connectivity index (χ2n) is 4.83. The van der Waals surface area contributed by atoms with E-state index in [-0.39, 0.29) is 0 Å². The summed E-state index contributed by atoms with van der Waals surface area (Å²) >= 11 is 0. The number of nitrogens with zero attached hydrogens (tertiary/aromatic N) is 1. The third-order valence-corrected chi connectivity index (χ3v) is 3.16. The van der Waals surface area contributed by atoms with Crippen LogP contribution in [-0.4, -0.2) is 31.9 Å². The van der Waals surface area contributed by atoms with Gasteiger partial charge in [0.15, 0.2) is 0 Å². The molecule has 0 aliphatic rings. The molecule has 1 unspecified atom stereocenters.